The van der Waals surface area contributed by atoms with Gasteiger partial charge in [0.05, 0.1) is 12.1 Å². The zero-order valence-corrected chi connectivity index (χ0v) is 16.3. The maximum atomic E-state index is 12.6. The molecule has 0 radical (unpaired) electrons. The predicted octanol–water partition coefficient (Wildman–Crippen LogP) is 3.92. The number of benzene rings is 2. The summed E-state index contributed by atoms with van der Waals surface area (Å²) in [6.45, 7) is 2.41. The van der Waals surface area contributed by atoms with Crippen LogP contribution < -0.4 is 4.90 Å². The van der Waals surface area contributed by atoms with Crippen LogP contribution in [0.2, 0.25) is 0 Å². The zero-order valence-electron chi connectivity index (χ0n) is 16.3. The van der Waals surface area contributed by atoms with Crippen molar-refractivity contribution < 1.29 is 9.21 Å². The predicted molar refractivity (Wildman–Crippen MR) is 108 cm³/mol. The van der Waals surface area contributed by atoms with Crippen LogP contribution >= 0.6 is 0 Å². The summed E-state index contributed by atoms with van der Waals surface area (Å²) in [7, 11) is 5.83. The average molecular weight is 363 g/mol. The van der Waals surface area contributed by atoms with Gasteiger partial charge in [0.15, 0.2) is 0 Å². The van der Waals surface area contributed by atoms with Crippen molar-refractivity contribution in [2.45, 2.75) is 19.9 Å². The van der Waals surface area contributed by atoms with Crippen LogP contribution in [0.1, 0.15) is 17.0 Å². The van der Waals surface area contributed by atoms with Gasteiger partial charge in [0.1, 0.15) is 5.76 Å². The molecule has 3 aromatic rings. The van der Waals surface area contributed by atoms with Crippen molar-refractivity contribution >= 4 is 11.6 Å². The molecule has 0 aliphatic carbocycles. The molecule has 5 nitrogen and oxygen atoms in total. The van der Waals surface area contributed by atoms with E-state index >= 15 is 0 Å². The van der Waals surface area contributed by atoms with Crippen molar-refractivity contribution in [2.75, 3.05) is 26.0 Å². The number of aryl methyl sites for hydroxylation is 1. The molecule has 1 heterocycles. The minimum absolute atomic E-state index is 0.0164. The van der Waals surface area contributed by atoms with E-state index in [1.165, 1.54) is 0 Å². The molecule has 1 aromatic heterocycles. The van der Waals surface area contributed by atoms with E-state index in [0.29, 0.717) is 23.9 Å². The van der Waals surface area contributed by atoms with Gasteiger partial charge in [-0.2, -0.15) is 0 Å². The van der Waals surface area contributed by atoms with Gasteiger partial charge >= 0.3 is 0 Å². The standard InChI is InChI=1S/C22H25N3O2/c1-16-20(23-22(27-16)18-8-6-5-7-9-18)14-21(26)25(4)15-17-10-12-19(13-11-17)24(2)3/h5-13H,14-15H2,1-4H3. The molecule has 0 spiro atoms. The molecular formula is C22H25N3O2. The van der Waals surface area contributed by atoms with Crippen molar-refractivity contribution in [2.24, 2.45) is 0 Å². The summed E-state index contributed by atoms with van der Waals surface area (Å²) in [6.07, 6.45) is 0.231. The van der Waals surface area contributed by atoms with Gasteiger partial charge in [0.25, 0.3) is 0 Å². The second kappa shape index (κ2) is 8.08. The first-order chi connectivity index (χ1) is 12.9. The van der Waals surface area contributed by atoms with Crippen LogP contribution in [0, 0.1) is 6.92 Å². The van der Waals surface area contributed by atoms with Crippen LogP contribution in [-0.2, 0) is 17.8 Å². The fourth-order valence-corrected chi connectivity index (χ4v) is 2.84. The van der Waals surface area contributed by atoms with E-state index in [2.05, 4.69) is 22.0 Å². The Morgan fingerprint density at radius 2 is 1.67 bits per heavy atom. The number of hydrogen-bond donors (Lipinski definition) is 0. The Kier molecular flexibility index (Phi) is 5.60. The van der Waals surface area contributed by atoms with Crippen LogP contribution in [0.4, 0.5) is 5.69 Å². The largest absolute Gasteiger partial charge is 0.441 e. The smallest absolute Gasteiger partial charge is 0.228 e. The Morgan fingerprint density at radius 3 is 2.30 bits per heavy atom. The highest BCUT2D eigenvalue weighted by Gasteiger charge is 2.17. The third-order valence-electron chi connectivity index (χ3n) is 4.53. The van der Waals surface area contributed by atoms with Gasteiger partial charge in [-0.15, -0.1) is 0 Å². The number of rotatable bonds is 6. The molecule has 0 aliphatic rings. The summed E-state index contributed by atoms with van der Waals surface area (Å²) >= 11 is 0. The number of likely N-dealkylation sites (N-methyl/N-ethyl adjacent to an activating group) is 1. The SMILES string of the molecule is Cc1oc(-c2ccccc2)nc1CC(=O)N(C)Cc1ccc(N(C)C)cc1. The number of anilines is 1. The highest BCUT2D eigenvalue weighted by molar-refractivity contribution is 5.78. The second-order valence-corrected chi connectivity index (χ2v) is 6.88. The zero-order chi connectivity index (χ0) is 19.4. The van der Waals surface area contributed by atoms with E-state index in [4.69, 9.17) is 4.42 Å². The van der Waals surface area contributed by atoms with Gasteiger partial charge in [-0.25, -0.2) is 4.98 Å². The number of oxazole rings is 1. The number of nitrogens with zero attached hydrogens (tertiary/aromatic N) is 3. The summed E-state index contributed by atoms with van der Waals surface area (Å²) in [5.41, 5.74) is 3.83. The van der Waals surface area contributed by atoms with Crippen LogP contribution in [0.3, 0.4) is 0 Å². The molecule has 0 fully saturated rings. The average Bonchev–Trinajstić information content (AvgIpc) is 3.03. The Hall–Kier alpha value is -3.08. The highest BCUT2D eigenvalue weighted by atomic mass is 16.4. The topological polar surface area (TPSA) is 49.6 Å². The van der Waals surface area contributed by atoms with E-state index in [1.54, 1.807) is 4.90 Å². The van der Waals surface area contributed by atoms with Gasteiger partial charge < -0.3 is 14.2 Å². The van der Waals surface area contributed by atoms with Gasteiger partial charge in [0, 0.05) is 38.9 Å². The number of carbonyl (C=O) groups excluding carboxylic acids is 1. The Labute approximate surface area is 160 Å². The number of aromatic nitrogens is 1. The van der Waals surface area contributed by atoms with Crippen LogP contribution in [0.5, 0.6) is 0 Å². The molecule has 0 N–H and O–H groups in total. The third-order valence-corrected chi connectivity index (χ3v) is 4.53. The molecule has 0 saturated carbocycles. The normalized spacial score (nSPS) is 10.7. The summed E-state index contributed by atoms with van der Waals surface area (Å²) in [5.74, 6) is 1.26. The Morgan fingerprint density at radius 1 is 1.00 bits per heavy atom. The van der Waals surface area contributed by atoms with Gasteiger partial charge in [-0.1, -0.05) is 30.3 Å². The Balaban J connectivity index is 1.65. The van der Waals surface area contributed by atoms with Gasteiger partial charge in [-0.05, 0) is 36.8 Å². The van der Waals surface area contributed by atoms with Gasteiger partial charge in [0.2, 0.25) is 11.8 Å². The summed E-state index contributed by atoms with van der Waals surface area (Å²) in [6, 6.07) is 17.9. The summed E-state index contributed by atoms with van der Waals surface area (Å²) in [5, 5.41) is 0. The van der Waals surface area contributed by atoms with E-state index in [1.807, 2.05) is 70.5 Å². The van der Waals surface area contributed by atoms with E-state index < -0.39 is 0 Å². The lowest BCUT2D eigenvalue weighted by Crippen LogP contribution is -2.28. The molecule has 5 heteroatoms. The maximum Gasteiger partial charge on any atom is 0.228 e. The lowest BCUT2D eigenvalue weighted by molar-refractivity contribution is -0.129. The molecule has 0 aliphatic heterocycles. The summed E-state index contributed by atoms with van der Waals surface area (Å²) in [4.78, 5) is 20.9. The van der Waals surface area contributed by atoms with Crippen LogP contribution in [0.25, 0.3) is 11.5 Å². The van der Waals surface area contributed by atoms with Crippen LogP contribution in [-0.4, -0.2) is 36.9 Å². The van der Waals surface area contributed by atoms with Crippen molar-refractivity contribution in [3.05, 3.63) is 71.6 Å². The van der Waals surface area contributed by atoms with E-state index in [-0.39, 0.29) is 12.3 Å². The molecule has 0 unspecified atom stereocenters. The number of carbonyl (C=O) groups is 1. The Bertz CT molecular complexity index is 899. The molecule has 0 atom stereocenters. The van der Waals surface area contributed by atoms with Crippen LogP contribution in [0.15, 0.2) is 59.0 Å². The molecular weight excluding hydrogens is 338 g/mol. The monoisotopic (exact) mass is 363 g/mol. The van der Waals surface area contributed by atoms with E-state index in [0.717, 1.165) is 16.8 Å². The molecule has 2 aromatic carbocycles. The molecule has 27 heavy (non-hydrogen) atoms. The molecule has 0 saturated heterocycles. The quantitative estimate of drug-likeness (QED) is 0.666. The number of amides is 1. The first kappa shape index (κ1) is 18.7. The van der Waals surface area contributed by atoms with Crippen molar-refractivity contribution in [3.63, 3.8) is 0 Å². The van der Waals surface area contributed by atoms with Crippen molar-refractivity contribution in [3.8, 4) is 11.5 Å². The second-order valence-electron chi connectivity index (χ2n) is 6.88. The fourth-order valence-electron chi connectivity index (χ4n) is 2.84. The van der Waals surface area contributed by atoms with E-state index in [9.17, 15) is 4.79 Å². The molecule has 140 valence electrons. The molecule has 3 rings (SSSR count). The first-order valence-electron chi connectivity index (χ1n) is 8.96. The molecule has 1 amide bonds. The molecule has 0 bridgehead atoms. The minimum atomic E-state index is 0.0164. The lowest BCUT2D eigenvalue weighted by Gasteiger charge is -2.18. The number of hydrogen-bond acceptors (Lipinski definition) is 4. The minimum Gasteiger partial charge on any atom is -0.441 e. The third kappa shape index (κ3) is 4.56. The fraction of sp³-hybridized carbons (Fsp3) is 0.273. The highest BCUT2D eigenvalue weighted by Crippen LogP contribution is 2.22. The lowest BCUT2D eigenvalue weighted by atomic mass is 10.1. The van der Waals surface area contributed by atoms with Crippen molar-refractivity contribution in [1.29, 1.82) is 0 Å². The summed E-state index contributed by atoms with van der Waals surface area (Å²) < 4.78 is 5.75. The maximum absolute atomic E-state index is 12.6. The van der Waals surface area contributed by atoms with Crippen molar-refractivity contribution in [1.82, 2.24) is 9.88 Å². The first-order valence-corrected chi connectivity index (χ1v) is 8.96. The van der Waals surface area contributed by atoms with Gasteiger partial charge in [-0.3, -0.25) is 4.79 Å².